The predicted molar refractivity (Wildman–Crippen MR) is 91.7 cm³/mol. The van der Waals surface area contributed by atoms with Gasteiger partial charge in [-0.15, -0.1) is 0 Å². The van der Waals surface area contributed by atoms with E-state index in [4.69, 9.17) is 0 Å². The summed E-state index contributed by atoms with van der Waals surface area (Å²) in [7, 11) is 0. The molecule has 3 aromatic rings. The van der Waals surface area contributed by atoms with Crippen molar-refractivity contribution in [3.05, 3.63) is 95.6 Å². The van der Waals surface area contributed by atoms with Crippen LogP contribution >= 0.6 is 0 Å². The Bertz CT molecular complexity index is 906. The number of hydrogen-bond acceptors (Lipinski definition) is 3. The van der Waals surface area contributed by atoms with Gasteiger partial charge in [0.25, 0.3) is 0 Å². The maximum atomic E-state index is 12.6. The Kier molecular flexibility index (Phi) is 5.49. The van der Waals surface area contributed by atoms with Gasteiger partial charge in [-0.2, -0.15) is 13.2 Å². The van der Waals surface area contributed by atoms with E-state index in [9.17, 15) is 18.3 Å². The highest BCUT2D eigenvalue weighted by Gasteiger charge is 2.29. The number of aryl methyl sites for hydroxylation is 2. The molecule has 138 valence electrons. The fraction of sp³-hybridized carbons (Fsp3) is 0.150. The molecule has 0 N–H and O–H groups in total. The number of halogens is 3. The van der Waals surface area contributed by atoms with Crippen LogP contribution in [0.4, 0.5) is 13.2 Å². The van der Waals surface area contributed by atoms with Crippen LogP contribution in [0.2, 0.25) is 0 Å². The molecule has 0 radical (unpaired) electrons. The van der Waals surface area contributed by atoms with Gasteiger partial charge in [-0.05, 0) is 46.8 Å². The van der Waals surface area contributed by atoms with E-state index in [1.807, 2.05) is 12.1 Å². The van der Waals surface area contributed by atoms with E-state index < -0.39 is 11.7 Å². The Morgan fingerprint density at radius 2 is 1.41 bits per heavy atom. The molecule has 0 bridgehead atoms. The zero-order valence-corrected chi connectivity index (χ0v) is 14.2. The van der Waals surface area contributed by atoms with Crippen molar-refractivity contribution in [3.63, 3.8) is 0 Å². The molecule has 0 aliphatic heterocycles. The Morgan fingerprint density at radius 1 is 0.889 bits per heavy atom. The summed E-state index contributed by atoms with van der Waals surface area (Å²) in [5.41, 5.74) is 1.62. The summed E-state index contributed by atoms with van der Waals surface area (Å²) in [5.74, 6) is -0.375. The maximum absolute atomic E-state index is 12.6. The fourth-order valence-corrected chi connectivity index (χ4v) is 2.51. The van der Waals surface area contributed by atoms with Crippen LogP contribution in [-0.4, -0.2) is 10.9 Å². The van der Waals surface area contributed by atoms with Crippen LogP contribution in [0.25, 0.3) is 0 Å². The molecule has 0 amide bonds. The van der Waals surface area contributed by atoms with Crippen LogP contribution in [0, 0.1) is 0 Å². The van der Waals surface area contributed by atoms with Crippen LogP contribution < -0.4 is 9.78 Å². The van der Waals surface area contributed by atoms with Crippen molar-refractivity contribution in [1.82, 2.24) is 4.98 Å². The Labute approximate surface area is 154 Å². The summed E-state index contributed by atoms with van der Waals surface area (Å²) >= 11 is 0. The fourth-order valence-electron chi connectivity index (χ4n) is 2.51. The van der Waals surface area contributed by atoms with E-state index in [0.717, 1.165) is 23.3 Å². The van der Waals surface area contributed by atoms with Gasteiger partial charge < -0.3 is 5.11 Å². The smallest absolute Gasteiger partial charge is 0.416 e. The third kappa shape index (κ3) is 5.13. The van der Waals surface area contributed by atoms with Crippen LogP contribution in [0.3, 0.4) is 0 Å². The minimum Gasteiger partial charge on any atom is -0.854 e. The minimum atomic E-state index is -4.32. The highest BCUT2D eigenvalue weighted by atomic mass is 19.4. The first kappa shape index (κ1) is 18.6. The first-order valence-corrected chi connectivity index (χ1v) is 8.24. The molecule has 1 heterocycles. The number of alkyl halides is 3. The van der Waals surface area contributed by atoms with E-state index >= 15 is 0 Å². The molecule has 2 aromatic carbocycles. The monoisotopic (exact) mass is 371 g/mol. The molecule has 0 saturated heterocycles. The highest BCUT2D eigenvalue weighted by Crippen LogP contribution is 2.29. The number of benzene rings is 2. The molecule has 0 saturated carbocycles. The predicted octanol–water partition coefficient (Wildman–Crippen LogP) is 2.74. The molecular formula is C20H16F3N3O. The largest absolute Gasteiger partial charge is 0.854 e. The summed E-state index contributed by atoms with van der Waals surface area (Å²) in [5, 5.41) is 16.0. The Morgan fingerprint density at radius 3 is 1.93 bits per heavy atom. The zero-order valence-electron chi connectivity index (χ0n) is 14.2. The standard InChI is InChI=1S/C20H16F3N3O/c21-20(22,23)18-9-5-16(6-10-18)2-1-15-3-7-17(8-4-15)19(27)25-26-13-11-24-12-14-26/h3-14H,1-2H2. The van der Waals surface area contributed by atoms with Gasteiger partial charge in [0.2, 0.25) is 12.4 Å². The second-order valence-electron chi connectivity index (χ2n) is 5.92. The summed E-state index contributed by atoms with van der Waals surface area (Å²) in [6.07, 6.45) is 3.15. The van der Waals surface area contributed by atoms with Crippen molar-refractivity contribution < 1.29 is 23.0 Å². The molecular weight excluding hydrogens is 355 g/mol. The maximum Gasteiger partial charge on any atom is 0.416 e. The molecule has 3 rings (SSSR count). The van der Waals surface area contributed by atoms with Crippen LogP contribution in [0.1, 0.15) is 22.3 Å². The zero-order chi connectivity index (χ0) is 19.3. The van der Waals surface area contributed by atoms with E-state index in [0.29, 0.717) is 18.4 Å². The Hall–Kier alpha value is -3.22. The molecule has 4 nitrogen and oxygen atoms in total. The summed E-state index contributed by atoms with van der Waals surface area (Å²) in [6.45, 7) is 0. The van der Waals surface area contributed by atoms with Crippen molar-refractivity contribution >= 4 is 5.90 Å². The summed E-state index contributed by atoms with van der Waals surface area (Å²) in [4.78, 5) is 3.85. The van der Waals surface area contributed by atoms with E-state index in [1.165, 1.54) is 29.2 Å². The molecule has 0 unspecified atom stereocenters. The molecule has 0 spiro atoms. The van der Waals surface area contributed by atoms with Gasteiger partial charge in [0, 0.05) is 0 Å². The normalized spacial score (nSPS) is 12.2. The van der Waals surface area contributed by atoms with Crippen LogP contribution in [0.15, 0.2) is 78.4 Å². The lowest BCUT2D eigenvalue weighted by atomic mass is 10.0. The lowest BCUT2D eigenvalue weighted by Gasteiger charge is -2.09. The Balaban J connectivity index is 1.62. The van der Waals surface area contributed by atoms with Gasteiger partial charge >= 0.3 is 6.18 Å². The third-order valence-corrected chi connectivity index (χ3v) is 4.00. The van der Waals surface area contributed by atoms with E-state index in [-0.39, 0.29) is 5.90 Å². The van der Waals surface area contributed by atoms with E-state index in [1.54, 1.807) is 24.5 Å². The van der Waals surface area contributed by atoms with Crippen molar-refractivity contribution in [2.75, 3.05) is 0 Å². The van der Waals surface area contributed by atoms with Gasteiger partial charge in [0.15, 0.2) is 0 Å². The van der Waals surface area contributed by atoms with Crippen molar-refractivity contribution in [3.8, 4) is 0 Å². The van der Waals surface area contributed by atoms with Crippen molar-refractivity contribution in [2.24, 2.45) is 5.10 Å². The van der Waals surface area contributed by atoms with Crippen molar-refractivity contribution in [1.29, 1.82) is 0 Å². The second kappa shape index (κ2) is 7.99. The number of nitrogens with zero attached hydrogens (tertiary/aromatic N) is 3. The number of aromatic nitrogens is 2. The molecule has 1 aromatic heterocycles. The van der Waals surface area contributed by atoms with Crippen LogP contribution in [-0.2, 0) is 19.0 Å². The summed E-state index contributed by atoms with van der Waals surface area (Å²) in [6, 6.07) is 12.2. The highest BCUT2D eigenvalue weighted by molar-refractivity contribution is 5.90. The lowest BCUT2D eigenvalue weighted by molar-refractivity contribution is -0.682. The molecule has 0 aliphatic rings. The first-order chi connectivity index (χ1) is 12.9. The molecule has 7 heteroatoms. The lowest BCUT2D eigenvalue weighted by Crippen LogP contribution is -2.33. The van der Waals surface area contributed by atoms with Gasteiger partial charge in [0.05, 0.1) is 23.9 Å². The quantitative estimate of drug-likeness (QED) is 0.393. The van der Waals surface area contributed by atoms with Crippen LogP contribution in [0.5, 0.6) is 0 Å². The molecule has 27 heavy (non-hydrogen) atoms. The van der Waals surface area contributed by atoms with E-state index in [2.05, 4.69) is 10.1 Å². The van der Waals surface area contributed by atoms with Gasteiger partial charge in [0.1, 0.15) is 0 Å². The van der Waals surface area contributed by atoms with Gasteiger partial charge in [-0.25, -0.2) is 0 Å². The average Bonchev–Trinajstić information content (AvgIpc) is 2.67. The molecule has 0 aliphatic carbocycles. The first-order valence-electron chi connectivity index (χ1n) is 8.24. The van der Waals surface area contributed by atoms with Gasteiger partial charge in [-0.1, -0.05) is 41.1 Å². The second-order valence-corrected chi connectivity index (χ2v) is 5.92. The van der Waals surface area contributed by atoms with Gasteiger partial charge in [-0.3, -0.25) is 4.98 Å². The minimum absolute atomic E-state index is 0.375. The summed E-state index contributed by atoms with van der Waals surface area (Å²) < 4.78 is 39.1. The third-order valence-electron chi connectivity index (χ3n) is 4.00. The average molecular weight is 371 g/mol. The number of hydrogen-bond donors (Lipinski definition) is 0. The number of rotatable bonds is 5. The van der Waals surface area contributed by atoms with Crippen molar-refractivity contribution in [2.45, 2.75) is 19.0 Å². The topological polar surface area (TPSA) is 52.2 Å². The SMILES string of the molecule is [O-]C(=N[n+]1ccncc1)c1ccc(CCc2ccc(C(F)(F)F)cc2)cc1. The molecule has 0 atom stereocenters. The molecule has 0 fully saturated rings.